The molecule has 128 valence electrons. The van der Waals surface area contributed by atoms with Gasteiger partial charge in [0.25, 0.3) is 0 Å². The lowest BCUT2D eigenvalue weighted by molar-refractivity contribution is 0.588. The molecular weight excluding hydrogens is 350 g/mol. The summed E-state index contributed by atoms with van der Waals surface area (Å²) >= 11 is 0. The van der Waals surface area contributed by atoms with Gasteiger partial charge in [0.05, 0.1) is 22.3 Å². The highest BCUT2D eigenvalue weighted by molar-refractivity contribution is 7.90. The number of anilines is 2. The molecule has 1 aromatic carbocycles. The summed E-state index contributed by atoms with van der Waals surface area (Å²) in [7, 11) is -3.34. The highest BCUT2D eigenvalue weighted by Crippen LogP contribution is 2.26. The number of nitrogens with zero attached hydrogens (tertiary/aromatic N) is 3. The Morgan fingerprint density at radius 3 is 2.36 bits per heavy atom. The number of aromatic nitrogens is 3. The van der Waals surface area contributed by atoms with E-state index in [-0.39, 0.29) is 16.2 Å². The summed E-state index contributed by atoms with van der Waals surface area (Å²) in [6.07, 6.45) is 3.65. The Bertz CT molecular complexity index is 1000. The average Bonchev–Trinajstić information content (AvgIpc) is 2.55. The number of pyridine rings is 1. The van der Waals surface area contributed by atoms with E-state index in [0.29, 0.717) is 11.5 Å². The molecule has 6 nitrogen and oxygen atoms in total. The molecule has 0 spiro atoms. The van der Waals surface area contributed by atoms with Gasteiger partial charge in [0.15, 0.2) is 9.84 Å². The molecule has 2 heterocycles. The summed E-state index contributed by atoms with van der Waals surface area (Å²) in [4.78, 5) is 4.07. The summed E-state index contributed by atoms with van der Waals surface area (Å²) in [5, 5.41) is 10.4. The third-order valence-electron chi connectivity index (χ3n) is 3.31. The SMILES string of the molecule is CS(=O)(=O)c1ccc(Nc2cnnc(-c3c(F)cccc3F)c2)nc1. The van der Waals surface area contributed by atoms with Crippen LogP contribution in [-0.4, -0.2) is 29.9 Å². The van der Waals surface area contributed by atoms with Gasteiger partial charge in [0.2, 0.25) is 0 Å². The quantitative estimate of drug-likeness (QED) is 0.768. The Kier molecular flexibility index (Phi) is 4.41. The predicted octanol–water partition coefficient (Wildman–Crippen LogP) is 2.96. The predicted molar refractivity (Wildman–Crippen MR) is 88.0 cm³/mol. The number of nitrogens with one attached hydrogen (secondary N) is 1. The Labute approximate surface area is 142 Å². The van der Waals surface area contributed by atoms with Crippen LogP contribution < -0.4 is 5.32 Å². The van der Waals surface area contributed by atoms with Gasteiger partial charge in [-0.05, 0) is 30.3 Å². The summed E-state index contributed by atoms with van der Waals surface area (Å²) in [6.45, 7) is 0. The van der Waals surface area contributed by atoms with Crippen LogP contribution >= 0.6 is 0 Å². The largest absolute Gasteiger partial charge is 0.339 e. The minimum atomic E-state index is -3.34. The smallest absolute Gasteiger partial charge is 0.177 e. The number of rotatable bonds is 4. The molecule has 0 amide bonds. The maximum absolute atomic E-state index is 13.9. The first-order chi connectivity index (χ1) is 11.8. The van der Waals surface area contributed by atoms with Crippen LogP contribution in [0.2, 0.25) is 0 Å². The van der Waals surface area contributed by atoms with Crippen LogP contribution in [0.1, 0.15) is 0 Å². The fourth-order valence-electron chi connectivity index (χ4n) is 2.12. The molecule has 9 heteroatoms. The van der Waals surface area contributed by atoms with Crippen molar-refractivity contribution < 1.29 is 17.2 Å². The van der Waals surface area contributed by atoms with Crippen molar-refractivity contribution >= 4 is 21.3 Å². The maximum atomic E-state index is 13.9. The molecule has 2 aromatic heterocycles. The third kappa shape index (κ3) is 3.77. The lowest BCUT2D eigenvalue weighted by Crippen LogP contribution is -2.01. The first-order valence-electron chi connectivity index (χ1n) is 7.05. The first-order valence-corrected chi connectivity index (χ1v) is 8.94. The molecule has 25 heavy (non-hydrogen) atoms. The van der Waals surface area contributed by atoms with Crippen molar-refractivity contribution in [3.63, 3.8) is 0 Å². The molecule has 3 aromatic rings. The second-order valence-corrected chi connectivity index (χ2v) is 7.22. The van der Waals surface area contributed by atoms with Crippen molar-refractivity contribution in [2.45, 2.75) is 4.90 Å². The fraction of sp³-hybridized carbons (Fsp3) is 0.0625. The number of hydrogen-bond acceptors (Lipinski definition) is 6. The van der Waals surface area contributed by atoms with Crippen LogP contribution in [0.3, 0.4) is 0 Å². The minimum Gasteiger partial charge on any atom is -0.339 e. The Hall–Kier alpha value is -2.94. The number of hydrogen-bond donors (Lipinski definition) is 1. The summed E-state index contributed by atoms with van der Waals surface area (Å²) in [5.74, 6) is -1.15. The molecule has 0 saturated carbocycles. The average molecular weight is 362 g/mol. The molecule has 0 radical (unpaired) electrons. The van der Waals surface area contributed by atoms with Crippen LogP contribution in [0.25, 0.3) is 11.3 Å². The minimum absolute atomic E-state index is 0.0216. The van der Waals surface area contributed by atoms with Crippen molar-refractivity contribution in [3.8, 4) is 11.3 Å². The normalized spacial score (nSPS) is 11.3. The van der Waals surface area contributed by atoms with E-state index in [4.69, 9.17) is 0 Å². The van der Waals surface area contributed by atoms with Gasteiger partial charge in [0, 0.05) is 12.5 Å². The molecule has 0 aliphatic heterocycles. The molecule has 0 atom stereocenters. The molecule has 0 bridgehead atoms. The van der Waals surface area contributed by atoms with E-state index >= 15 is 0 Å². The fourth-order valence-corrected chi connectivity index (χ4v) is 2.68. The van der Waals surface area contributed by atoms with E-state index in [1.165, 1.54) is 36.7 Å². The van der Waals surface area contributed by atoms with Crippen molar-refractivity contribution in [3.05, 3.63) is 60.4 Å². The van der Waals surface area contributed by atoms with Gasteiger partial charge < -0.3 is 5.32 Å². The highest BCUT2D eigenvalue weighted by atomic mass is 32.2. The van der Waals surface area contributed by atoms with E-state index in [2.05, 4.69) is 20.5 Å². The van der Waals surface area contributed by atoms with Gasteiger partial charge >= 0.3 is 0 Å². The number of benzene rings is 1. The van der Waals surface area contributed by atoms with Crippen molar-refractivity contribution in [2.75, 3.05) is 11.6 Å². The Morgan fingerprint density at radius 2 is 1.76 bits per heavy atom. The van der Waals surface area contributed by atoms with Crippen LogP contribution in [0.5, 0.6) is 0 Å². The highest BCUT2D eigenvalue weighted by Gasteiger charge is 2.13. The third-order valence-corrected chi connectivity index (χ3v) is 4.41. The van der Waals surface area contributed by atoms with Gasteiger partial charge in [-0.2, -0.15) is 10.2 Å². The van der Waals surface area contributed by atoms with E-state index in [0.717, 1.165) is 18.4 Å². The molecule has 3 rings (SSSR count). The van der Waals surface area contributed by atoms with Gasteiger partial charge in [-0.3, -0.25) is 0 Å². The van der Waals surface area contributed by atoms with Gasteiger partial charge in [-0.15, -0.1) is 0 Å². The van der Waals surface area contributed by atoms with Crippen molar-refractivity contribution in [2.24, 2.45) is 0 Å². The summed E-state index contributed by atoms with van der Waals surface area (Å²) < 4.78 is 50.5. The van der Waals surface area contributed by atoms with E-state index in [1.807, 2.05) is 0 Å². The van der Waals surface area contributed by atoms with Gasteiger partial charge in [-0.1, -0.05) is 6.07 Å². The van der Waals surface area contributed by atoms with Crippen LogP contribution in [0.4, 0.5) is 20.3 Å². The maximum Gasteiger partial charge on any atom is 0.177 e. The Morgan fingerprint density at radius 1 is 1.04 bits per heavy atom. The first kappa shape index (κ1) is 16.9. The molecule has 0 saturated heterocycles. The second kappa shape index (κ2) is 6.52. The summed E-state index contributed by atoms with van der Waals surface area (Å²) in [6, 6.07) is 7.81. The zero-order valence-corrected chi connectivity index (χ0v) is 13.8. The molecule has 0 unspecified atom stereocenters. The van der Waals surface area contributed by atoms with Crippen LogP contribution in [0.15, 0.2) is 53.7 Å². The zero-order valence-electron chi connectivity index (χ0n) is 12.9. The van der Waals surface area contributed by atoms with Crippen LogP contribution in [0, 0.1) is 11.6 Å². The Balaban J connectivity index is 1.90. The number of sulfone groups is 1. The molecule has 0 aliphatic rings. The standard InChI is InChI=1S/C16H12F2N4O2S/c1-25(23,24)11-5-6-15(19-9-11)21-10-7-14(22-20-8-10)16-12(17)3-2-4-13(16)18/h2-9H,1H3,(H,19,21,22). The number of halogens is 2. The lowest BCUT2D eigenvalue weighted by Gasteiger charge is -2.08. The van der Waals surface area contributed by atoms with Crippen molar-refractivity contribution in [1.29, 1.82) is 0 Å². The second-order valence-electron chi connectivity index (χ2n) is 5.20. The van der Waals surface area contributed by atoms with E-state index < -0.39 is 21.5 Å². The van der Waals surface area contributed by atoms with E-state index in [1.54, 1.807) is 0 Å². The monoisotopic (exact) mass is 362 g/mol. The molecular formula is C16H12F2N4O2S. The molecule has 0 fully saturated rings. The van der Waals surface area contributed by atoms with Crippen molar-refractivity contribution in [1.82, 2.24) is 15.2 Å². The zero-order chi connectivity index (χ0) is 18.0. The molecule has 0 aliphatic carbocycles. The topological polar surface area (TPSA) is 84.8 Å². The van der Waals surface area contributed by atoms with Crippen LogP contribution in [-0.2, 0) is 9.84 Å². The summed E-state index contributed by atoms with van der Waals surface area (Å²) in [5.41, 5.74) is 0.139. The van der Waals surface area contributed by atoms with Gasteiger partial charge in [0.1, 0.15) is 23.1 Å². The van der Waals surface area contributed by atoms with Gasteiger partial charge in [-0.25, -0.2) is 22.2 Å². The lowest BCUT2D eigenvalue weighted by atomic mass is 10.1. The van der Waals surface area contributed by atoms with E-state index in [9.17, 15) is 17.2 Å². The molecule has 1 N–H and O–H groups in total.